The smallest absolute Gasteiger partial charge is 0.408 e. The predicted octanol–water partition coefficient (Wildman–Crippen LogP) is 6.05. The minimum absolute atomic E-state index is 0.0325. The summed E-state index contributed by atoms with van der Waals surface area (Å²) in [6.07, 6.45) is -8.20. The van der Waals surface area contributed by atoms with Gasteiger partial charge in [0.15, 0.2) is 0 Å². The van der Waals surface area contributed by atoms with Crippen LogP contribution in [0.1, 0.15) is 35.6 Å². The van der Waals surface area contributed by atoms with Crippen molar-refractivity contribution in [3.63, 3.8) is 0 Å². The van der Waals surface area contributed by atoms with Crippen molar-refractivity contribution in [1.29, 1.82) is 0 Å². The van der Waals surface area contributed by atoms with Crippen molar-refractivity contribution < 1.29 is 52.0 Å². The van der Waals surface area contributed by atoms with Crippen molar-refractivity contribution in [3.8, 4) is 0 Å². The Bertz CT molecular complexity index is 1750. The van der Waals surface area contributed by atoms with Crippen molar-refractivity contribution in [2.24, 2.45) is 0 Å². The molecule has 5 rings (SSSR count). The molecule has 3 N–H and O–H groups in total. The number of nitrogens with one attached hydrogen (secondary N) is 2. The molecule has 0 radical (unpaired) electrons. The molecule has 1 fully saturated rings. The average molecular weight is 747 g/mol. The number of amides is 2. The first-order valence-corrected chi connectivity index (χ1v) is 17.5. The van der Waals surface area contributed by atoms with Crippen LogP contribution in [-0.2, 0) is 59.7 Å². The first kappa shape index (κ1) is 40.0. The second-order valence-corrected chi connectivity index (χ2v) is 12.9. The van der Waals surface area contributed by atoms with Crippen LogP contribution in [-0.4, -0.2) is 72.1 Å². The molecule has 0 aromatic heterocycles. The maximum absolute atomic E-state index is 16.7. The molecule has 1 aliphatic rings. The molecular weight excluding hydrogens is 702 g/mol. The number of ether oxygens (including phenoxy) is 5. The van der Waals surface area contributed by atoms with Crippen LogP contribution in [0.25, 0.3) is 0 Å². The molecular formula is C41H44F2N2O9. The number of carbonyl (C=O) groups excluding carboxylic acids is 2. The van der Waals surface area contributed by atoms with Crippen LogP contribution in [0.5, 0.6) is 0 Å². The van der Waals surface area contributed by atoms with Gasteiger partial charge in [-0.3, -0.25) is 4.79 Å². The van der Waals surface area contributed by atoms with Crippen molar-refractivity contribution in [3.05, 3.63) is 144 Å². The lowest BCUT2D eigenvalue weighted by molar-refractivity contribution is -0.275. The van der Waals surface area contributed by atoms with Gasteiger partial charge in [-0.25, -0.2) is 18.4 Å². The number of alkyl halides is 2. The molecule has 0 aliphatic carbocycles. The van der Waals surface area contributed by atoms with E-state index in [9.17, 15) is 19.5 Å². The summed E-state index contributed by atoms with van der Waals surface area (Å²) in [5.41, 5.74) is 2.97. The van der Waals surface area contributed by atoms with E-state index >= 15 is 8.78 Å². The number of carboxylic acids is 1. The number of halogens is 2. The SMILES string of the molecule is CC(=O)N[C@@H]1[C@@H](OCc2ccccc2)[C@@H](OCc2ccccc2)[C@@H](COCc2ccccc2)O[C@@H]1C(F)(F)CC(NC(=O)OCc1ccccc1)C(=O)O. The molecule has 1 saturated heterocycles. The van der Waals surface area contributed by atoms with E-state index in [-0.39, 0.29) is 33.0 Å². The van der Waals surface area contributed by atoms with E-state index in [0.29, 0.717) is 5.56 Å². The highest BCUT2D eigenvalue weighted by Gasteiger charge is 2.58. The van der Waals surface area contributed by atoms with Crippen LogP contribution in [0, 0.1) is 0 Å². The molecule has 4 aromatic carbocycles. The molecule has 6 atom stereocenters. The molecule has 286 valence electrons. The Hall–Kier alpha value is -5.21. The third kappa shape index (κ3) is 11.9. The second kappa shape index (κ2) is 19.7. The quantitative estimate of drug-likeness (QED) is 0.111. The second-order valence-electron chi connectivity index (χ2n) is 12.9. The van der Waals surface area contributed by atoms with Crippen molar-refractivity contribution in [2.45, 2.75) is 82.2 Å². The molecule has 0 saturated carbocycles. The lowest BCUT2D eigenvalue weighted by atomic mass is 9.86. The van der Waals surface area contributed by atoms with Gasteiger partial charge >= 0.3 is 12.1 Å². The Balaban J connectivity index is 1.44. The third-order valence-electron chi connectivity index (χ3n) is 8.72. The van der Waals surface area contributed by atoms with Gasteiger partial charge in [-0.15, -0.1) is 0 Å². The Morgan fingerprint density at radius 2 is 1.19 bits per heavy atom. The van der Waals surface area contributed by atoms with Crippen LogP contribution in [0.4, 0.5) is 13.6 Å². The fourth-order valence-electron chi connectivity index (χ4n) is 6.12. The molecule has 0 bridgehead atoms. The van der Waals surface area contributed by atoms with E-state index in [1.807, 2.05) is 72.0 Å². The standard InChI is InChI=1S/C41H44F2N2O9/c1-28(46)44-35-37(52-25-31-18-10-4-11-19-31)36(51-24-30-16-8-3-9-17-30)34(27-50-23-29-14-6-2-7-15-29)54-38(35)41(42,43)22-33(39(47)48)45-40(49)53-26-32-20-12-5-13-21-32/h2-21,33-38H,22-27H2,1H3,(H,44,46)(H,45,49)(H,47,48)/t33?,34-,35-,36+,37-,38+/m1/s1. The fraction of sp³-hybridized carbons (Fsp3) is 0.341. The zero-order valence-corrected chi connectivity index (χ0v) is 29.7. The Labute approximate surface area is 312 Å². The van der Waals surface area contributed by atoms with E-state index in [0.717, 1.165) is 16.7 Å². The van der Waals surface area contributed by atoms with Gasteiger partial charge in [0, 0.05) is 13.3 Å². The molecule has 4 aromatic rings. The van der Waals surface area contributed by atoms with E-state index in [4.69, 9.17) is 23.7 Å². The van der Waals surface area contributed by atoms with Gasteiger partial charge in [-0.05, 0) is 22.3 Å². The highest BCUT2D eigenvalue weighted by Crippen LogP contribution is 2.38. The molecule has 2 amide bonds. The molecule has 13 heteroatoms. The summed E-state index contributed by atoms with van der Waals surface area (Å²) in [6.45, 7) is 0.900. The first-order valence-electron chi connectivity index (χ1n) is 17.5. The summed E-state index contributed by atoms with van der Waals surface area (Å²) < 4.78 is 63.5. The van der Waals surface area contributed by atoms with Crippen molar-refractivity contribution in [2.75, 3.05) is 6.61 Å². The van der Waals surface area contributed by atoms with E-state index in [1.165, 1.54) is 6.92 Å². The lowest BCUT2D eigenvalue weighted by Crippen LogP contribution is -2.69. The van der Waals surface area contributed by atoms with Gasteiger partial charge in [0.2, 0.25) is 5.91 Å². The number of hydrogen-bond donors (Lipinski definition) is 3. The van der Waals surface area contributed by atoms with Crippen LogP contribution >= 0.6 is 0 Å². The summed E-state index contributed by atoms with van der Waals surface area (Å²) in [7, 11) is 0. The zero-order chi connectivity index (χ0) is 38.3. The van der Waals surface area contributed by atoms with E-state index in [1.54, 1.807) is 54.6 Å². The minimum atomic E-state index is -3.97. The fourth-order valence-corrected chi connectivity index (χ4v) is 6.12. The monoisotopic (exact) mass is 746 g/mol. The summed E-state index contributed by atoms with van der Waals surface area (Å²) in [5.74, 6) is -6.35. The average Bonchev–Trinajstić information content (AvgIpc) is 3.17. The number of carbonyl (C=O) groups is 3. The molecule has 1 heterocycles. The maximum atomic E-state index is 16.7. The van der Waals surface area contributed by atoms with Crippen LogP contribution < -0.4 is 10.6 Å². The molecule has 11 nitrogen and oxygen atoms in total. The highest BCUT2D eigenvalue weighted by atomic mass is 19.3. The van der Waals surface area contributed by atoms with Gasteiger partial charge in [-0.2, -0.15) is 0 Å². The Morgan fingerprint density at radius 1 is 0.722 bits per heavy atom. The van der Waals surface area contributed by atoms with Gasteiger partial charge in [0.1, 0.15) is 37.1 Å². The topological polar surface area (TPSA) is 142 Å². The van der Waals surface area contributed by atoms with Crippen LogP contribution in [0.2, 0.25) is 0 Å². The molecule has 0 spiro atoms. The number of carboxylic acid groups (broad SMARTS) is 1. The van der Waals surface area contributed by atoms with Crippen molar-refractivity contribution in [1.82, 2.24) is 10.6 Å². The number of rotatable bonds is 18. The Morgan fingerprint density at radius 3 is 1.67 bits per heavy atom. The zero-order valence-electron chi connectivity index (χ0n) is 29.7. The first-order chi connectivity index (χ1) is 26.1. The largest absolute Gasteiger partial charge is 0.480 e. The number of alkyl carbamates (subject to hydrolysis) is 1. The van der Waals surface area contributed by atoms with E-state index in [2.05, 4.69) is 5.32 Å². The molecule has 1 aliphatic heterocycles. The summed E-state index contributed by atoms with van der Waals surface area (Å²) >= 11 is 0. The number of aliphatic carboxylic acids is 1. The van der Waals surface area contributed by atoms with Gasteiger partial charge in [0.25, 0.3) is 5.92 Å². The highest BCUT2D eigenvalue weighted by molar-refractivity contribution is 5.80. The van der Waals surface area contributed by atoms with E-state index < -0.39 is 66.8 Å². The minimum Gasteiger partial charge on any atom is -0.480 e. The van der Waals surface area contributed by atoms with Crippen LogP contribution in [0.15, 0.2) is 121 Å². The number of benzene rings is 4. The predicted molar refractivity (Wildman–Crippen MR) is 193 cm³/mol. The summed E-state index contributed by atoms with van der Waals surface area (Å²) in [4.78, 5) is 37.6. The van der Waals surface area contributed by atoms with Crippen LogP contribution in [0.3, 0.4) is 0 Å². The maximum Gasteiger partial charge on any atom is 0.408 e. The normalized spacial score (nSPS) is 20.4. The third-order valence-corrected chi connectivity index (χ3v) is 8.72. The van der Waals surface area contributed by atoms with Gasteiger partial charge < -0.3 is 39.4 Å². The Kier molecular flexibility index (Phi) is 14.6. The molecule has 1 unspecified atom stereocenters. The number of hydrogen-bond acceptors (Lipinski definition) is 8. The summed E-state index contributed by atoms with van der Waals surface area (Å²) in [6, 6.07) is 32.4. The molecule has 54 heavy (non-hydrogen) atoms. The van der Waals surface area contributed by atoms with Gasteiger partial charge in [-0.1, -0.05) is 121 Å². The lowest BCUT2D eigenvalue weighted by Gasteiger charge is -2.48. The summed E-state index contributed by atoms with van der Waals surface area (Å²) in [5, 5.41) is 14.6. The van der Waals surface area contributed by atoms with Gasteiger partial charge in [0.05, 0.1) is 32.5 Å². The van der Waals surface area contributed by atoms with Crippen molar-refractivity contribution >= 4 is 18.0 Å².